The first-order valence-electron chi connectivity index (χ1n) is 41.8. The third kappa shape index (κ3) is 37.9. The van der Waals surface area contributed by atoms with Gasteiger partial charge in [0.05, 0.1) is 30.6 Å². The van der Waals surface area contributed by atoms with Crippen LogP contribution in [0.2, 0.25) is 0 Å². The molecule has 24 N–H and O–H groups in total. The lowest BCUT2D eigenvalue weighted by atomic mass is 9.98. The summed E-state index contributed by atoms with van der Waals surface area (Å²) in [6, 6.07) is 0.365. The van der Waals surface area contributed by atoms with E-state index in [4.69, 9.17) is 16.9 Å². The smallest absolute Gasteiger partial charge is 0.305 e. The SMILES string of the molecule is CCCCC[C@@H]1NC(=O)[C@H](CCCNC(=N)N)NC(=O)[C@H](C)NC(=O)CSC[C@@H](CC(N)=O)NC(=O)[C@H](CC(=O)O)NC(=O)[C@H](CCCCC)NC(=O)[C@H](Cc2ccc(-c3ccccc3)cc2)NC(=O)[C@H](CCC(C)C)NC(=O)[C@H](C(C)C)NC(=O)[C@H](CCC(=O)O)NC(=O)[C@H](CC(=O)O)NC(=O)[C@H](Cc2c[nH]cn2)NC(=O)[C@H](Cc2ccc(O)cc2)NC1=O. The number of aromatic nitrogens is 2. The first-order valence-corrected chi connectivity index (χ1v) is 42.9. The third-order valence-electron chi connectivity index (χ3n) is 20.2. The van der Waals surface area contributed by atoms with Crippen LogP contribution < -0.4 is 85.9 Å². The number of amides is 14. The fraction of sp³-hybridized carbons (Fsp3) is 0.536. The van der Waals surface area contributed by atoms with Gasteiger partial charge in [0.1, 0.15) is 78.3 Å². The molecule has 41 heteroatoms. The number of aromatic hydroxyl groups is 1. The number of nitrogens with one attached hydrogen (secondary N) is 16. The predicted octanol–water partition coefficient (Wildman–Crippen LogP) is 0.0850. The molecule has 5 rings (SSSR count). The van der Waals surface area contributed by atoms with Crippen molar-refractivity contribution < 1.29 is 102 Å². The number of carboxylic acid groups (broad SMARTS) is 3. The molecule has 14 amide bonds. The Labute approximate surface area is 728 Å². The number of carbonyl (C=O) groups excluding carboxylic acids is 14. The number of aromatic amines is 1. The molecule has 3 aromatic carbocycles. The van der Waals surface area contributed by atoms with Gasteiger partial charge in [-0.1, -0.05) is 147 Å². The number of hydrogen-bond donors (Lipinski definition) is 22. The number of unbranched alkanes of at least 4 members (excludes halogenated alkanes) is 4. The van der Waals surface area contributed by atoms with Gasteiger partial charge in [0.2, 0.25) is 82.7 Å². The second-order valence-corrected chi connectivity index (χ2v) is 32.5. The Kier molecular flexibility index (Phi) is 43.9. The van der Waals surface area contributed by atoms with Crippen molar-refractivity contribution in [1.82, 2.24) is 84.4 Å². The molecule has 0 spiro atoms. The highest BCUT2D eigenvalue weighted by Gasteiger charge is 2.40. The Balaban J connectivity index is 1.66. The summed E-state index contributed by atoms with van der Waals surface area (Å²) in [6.07, 6.45) is -0.193. The number of benzene rings is 3. The maximum Gasteiger partial charge on any atom is 0.305 e. The van der Waals surface area contributed by atoms with Crippen molar-refractivity contribution in [1.29, 1.82) is 5.41 Å². The van der Waals surface area contributed by atoms with Crippen LogP contribution in [0.1, 0.15) is 174 Å². The van der Waals surface area contributed by atoms with E-state index in [-0.39, 0.29) is 87.4 Å². The average molecular weight is 1770 g/mol. The van der Waals surface area contributed by atoms with Gasteiger partial charge in [0, 0.05) is 56.6 Å². The van der Waals surface area contributed by atoms with Crippen LogP contribution in [0.5, 0.6) is 5.75 Å². The molecule has 1 saturated heterocycles. The van der Waals surface area contributed by atoms with Gasteiger partial charge in [-0.2, -0.15) is 0 Å². The van der Waals surface area contributed by atoms with Crippen molar-refractivity contribution in [2.75, 3.05) is 18.1 Å². The lowest BCUT2D eigenvalue weighted by Gasteiger charge is -2.29. The first kappa shape index (κ1) is 103. The molecule has 40 nitrogen and oxygen atoms in total. The maximum atomic E-state index is 15.1. The monoisotopic (exact) mass is 1760 g/mol. The number of primary amides is 1. The molecule has 0 aliphatic carbocycles. The quantitative estimate of drug-likeness (QED) is 0.0175. The van der Waals surface area contributed by atoms with Gasteiger partial charge in [-0.3, -0.25) is 86.9 Å². The van der Waals surface area contributed by atoms with Gasteiger partial charge < -0.3 is 111 Å². The van der Waals surface area contributed by atoms with Gasteiger partial charge in [0.25, 0.3) is 0 Å². The number of phenols is 1. The van der Waals surface area contributed by atoms with Crippen LogP contribution in [0.25, 0.3) is 11.1 Å². The van der Waals surface area contributed by atoms with Crippen LogP contribution in [0, 0.1) is 17.2 Å². The van der Waals surface area contributed by atoms with E-state index in [2.05, 4.69) is 84.4 Å². The summed E-state index contributed by atoms with van der Waals surface area (Å²) in [7, 11) is 0. The first-order chi connectivity index (χ1) is 59.3. The van der Waals surface area contributed by atoms with Crippen molar-refractivity contribution in [3.05, 3.63) is 108 Å². The molecule has 0 unspecified atom stereocenters. The number of aliphatic carboxylic acids is 3. The molecule has 684 valence electrons. The van der Waals surface area contributed by atoms with Crippen LogP contribution in [-0.2, 0) is 101 Å². The molecule has 0 saturated carbocycles. The second kappa shape index (κ2) is 53.3. The highest BCUT2D eigenvalue weighted by atomic mass is 32.2. The average Bonchev–Trinajstić information content (AvgIpc) is 1.20. The molecular weight excluding hydrogens is 1640 g/mol. The number of H-pyrrole nitrogens is 1. The zero-order valence-electron chi connectivity index (χ0n) is 71.3. The number of carbonyl (C=O) groups is 17. The minimum absolute atomic E-state index is 0.00964. The van der Waals surface area contributed by atoms with Crippen LogP contribution in [0.3, 0.4) is 0 Å². The zero-order chi connectivity index (χ0) is 92.4. The Morgan fingerprint density at radius 3 is 1.34 bits per heavy atom. The van der Waals surface area contributed by atoms with E-state index in [1.54, 1.807) is 24.3 Å². The maximum absolute atomic E-state index is 15.1. The number of imidazole rings is 1. The summed E-state index contributed by atoms with van der Waals surface area (Å²) in [5.41, 5.74) is 13.7. The number of thioether (sulfide) groups is 1. The molecule has 1 fully saturated rings. The lowest BCUT2D eigenvalue weighted by molar-refractivity contribution is -0.142. The molecule has 1 aliphatic rings. The fourth-order valence-corrected chi connectivity index (χ4v) is 14.1. The zero-order valence-corrected chi connectivity index (χ0v) is 72.1. The van der Waals surface area contributed by atoms with Crippen molar-refractivity contribution in [3.8, 4) is 16.9 Å². The van der Waals surface area contributed by atoms with E-state index < -0.39 is 235 Å². The summed E-state index contributed by atoms with van der Waals surface area (Å²) in [6.45, 7) is 11.7. The van der Waals surface area contributed by atoms with Crippen molar-refractivity contribution in [2.24, 2.45) is 23.3 Å². The normalized spacial score (nSPS) is 23.0. The number of hydrogen-bond acceptors (Lipinski definition) is 21. The minimum Gasteiger partial charge on any atom is -0.508 e. The van der Waals surface area contributed by atoms with Crippen molar-refractivity contribution in [3.63, 3.8) is 0 Å². The predicted molar refractivity (Wildman–Crippen MR) is 459 cm³/mol. The van der Waals surface area contributed by atoms with E-state index in [1.165, 1.54) is 57.6 Å². The Morgan fingerprint density at radius 2 is 0.888 bits per heavy atom. The molecule has 13 atom stereocenters. The standard InChI is InChI=1S/C84H121N19O21S/c1-8-10-13-20-56-74(115)98-62(37-50-26-30-55(104)31-27-50)80(121)100-63(38-53-42-88-45-90-53)81(122)102-65(41-70(111)112)82(123)96-60(33-34-68(107)108)77(118)103-71(47(5)6)83(124)97-59(32-23-46(3)4)76(117)99-61(36-49-24-28-52(29-25-49)51-18-15-12-16-19-51)79(120)95-57(21-14-11-9-2)75(116)101-64(40-69(109)110)78(119)92-54(39-66(85)105)43-125-44-67(106)91-48(7)72(113)93-58(73(114)94-56)22-17-35-89-84(86)87/h12,15-16,18-19,24-31,42,45-48,54,56-65,71,104H,8-11,13-14,17,20-23,32-41,43-44H2,1-7H3,(H2,85,105)(H,88,90)(H,91,106)(H,92,119)(H,93,113)(H,94,114)(H,95,120)(H,96,123)(H,97,124)(H,98,115)(H,99,117)(H,100,121)(H,101,116)(H,102,122)(H,103,118)(H,107,108)(H,109,110)(H,111,112)(H4,86,87,89)/t48-,54+,56-,57-,58-,59-,60-,61-,62-,63-,64-,65-,71-/m0/s1. The van der Waals surface area contributed by atoms with Gasteiger partial charge in [0.15, 0.2) is 5.96 Å². The summed E-state index contributed by atoms with van der Waals surface area (Å²) in [4.78, 5) is 248. The Bertz CT molecular complexity index is 4310. The largest absolute Gasteiger partial charge is 0.508 e. The van der Waals surface area contributed by atoms with Crippen molar-refractivity contribution >= 4 is 118 Å². The summed E-state index contributed by atoms with van der Waals surface area (Å²) >= 11 is 0.838. The second-order valence-electron chi connectivity index (χ2n) is 31.5. The lowest BCUT2D eigenvalue weighted by Crippen LogP contribution is -2.62. The van der Waals surface area contributed by atoms with Gasteiger partial charge >= 0.3 is 17.9 Å². The van der Waals surface area contributed by atoms with E-state index in [1.807, 2.05) is 58.0 Å². The van der Waals surface area contributed by atoms with Crippen LogP contribution >= 0.6 is 11.8 Å². The summed E-state index contributed by atoms with van der Waals surface area (Å²) in [5, 5.41) is 84.2. The number of phenolic OH excluding ortho intramolecular Hbond substituents is 1. The topological polar surface area (TPSA) is 644 Å². The number of nitrogens with zero attached hydrogens (tertiary/aromatic N) is 1. The molecule has 125 heavy (non-hydrogen) atoms. The van der Waals surface area contributed by atoms with E-state index >= 15 is 14.4 Å². The summed E-state index contributed by atoms with van der Waals surface area (Å²) < 4.78 is 0. The van der Waals surface area contributed by atoms with Gasteiger partial charge in [-0.05, 0) is 98.1 Å². The van der Waals surface area contributed by atoms with Gasteiger partial charge in [-0.15, -0.1) is 11.8 Å². The Hall–Kier alpha value is -12.7. The third-order valence-corrected chi connectivity index (χ3v) is 21.3. The van der Waals surface area contributed by atoms with Gasteiger partial charge in [-0.25, -0.2) is 4.98 Å². The molecule has 0 radical (unpaired) electrons. The molecule has 1 aromatic heterocycles. The molecular formula is C84H121N19O21S. The molecule has 1 aliphatic heterocycles. The minimum atomic E-state index is -2.13. The molecule has 2 heterocycles. The van der Waals surface area contributed by atoms with Crippen LogP contribution in [-0.4, -0.2) is 234 Å². The highest BCUT2D eigenvalue weighted by Crippen LogP contribution is 2.22. The fourth-order valence-electron chi connectivity index (χ4n) is 13.3. The van der Waals surface area contributed by atoms with E-state index in [0.29, 0.717) is 43.2 Å². The highest BCUT2D eigenvalue weighted by molar-refractivity contribution is 8.00. The van der Waals surface area contributed by atoms with Crippen LogP contribution in [0.4, 0.5) is 0 Å². The van der Waals surface area contributed by atoms with E-state index in [0.717, 1.165) is 22.9 Å². The van der Waals surface area contributed by atoms with Crippen molar-refractivity contribution in [2.45, 2.75) is 255 Å². The molecule has 4 aromatic rings. The number of carboxylic acids is 3. The summed E-state index contributed by atoms with van der Waals surface area (Å²) in [5.74, 6) is -21.6. The molecule has 0 bridgehead atoms. The number of guanidine groups is 1. The number of nitrogens with two attached hydrogens (primary N) is 2. The Morgan fingerprint density at radius 1 is 0.472 bits per heavy atom. The number of rotatable bonds is 32. The van der Waals surface area contributed by atoms with Crippen LogP contribution in [0.15, 0.2) is 91.4 Å². The van der Waals surface area contributed by atoms with E-state index in [9.17, 15) is 87.5 Å².